The van der Waals surface area contributed by atoms with E-state index in [1.165, 1.54) is 14.2 Å². The first-order chi connectivity index (χ1) is 15.3. The Morgan fingerprint density at radius 1 is 1.12 bits per heavy atom. The molecule has 8 nitrogen and oxygen atoms in total. The molecular weight excluding hydrogens is 454 g/mol. The van der Waals surface area contributed by atoms with Crippen molar-refractivity contribution in [3.63, 3.8) is 0 Å². The van der Waals surface area contributed by atoms with Crippen molar-refractivity contribution in [3.05, 3.63) is 64.1 Å². The molecule has 1 N–H and O–H groups in total. The number of hydrogen-bond donors (Lipinski definition) is 1. The van der Waals surface area contributed by atoms with Gasteiger partial charge in [-0.05, 0) is 41.5 Å². The van der Waals surface area contributed by atoms with Gasteiger partial charge in [0.05, 0.1) is 24.7 Å². The normalized spacial score (nSPS) is 14.6. The van der Waals surface area contributed by atoms with Crippen LogP contribution in [0.25, 0.3) is 6.08 Å². The third kappa shape index (κ3) is 5.45. The molecule has 0 saturated carbocycles. The maximum absolute atomic E-state index is 12.4. The molecule has 3 rings (SSSR count). The molecule has 10 heteroatoms. The quantitative estimate of drug-likeness (QED) is 0.351. The first kappa shape index (κ1) is 23.3. The summed E-state index contributed by atoms with van der Waals surface area (Å²) in [5.74, 6) is -1.02. The minimum absolute atomic E-state index is 0.203. The fourth-order valence-electron chi connectivity index (χ4n) is 2.83. The molecule has 1 saturated heterocycles. The Bertz CT molecular complexity index is 1100. The lowest BCUT2D eigenvalue weighted by atomic mass is 10.1. The summed E-state index contributed by atoms with van der Waals surface area (Å²) in [6, 6.07) is 12.0. The summed E-state index contributed by atoms with van der Waals surface area (Å²) in [6.07, 6.45) is 1.62. The van der Waals surface area contributed by atoms with Crippen LogP contribution in [0.3, 0.4) is 0 Å². The molecule has 1 aliphatic heterocycles. The molecule has 1 fully saturated rings. The van der Waals surface area contributed by atoms with Gasteiger partial charge in [0.15, 0.2) is 11.5 Å². The molecule has 0 bridgehead atoms. The smallest absolute Gasteiger partial charge is 0.337 e. The van der Waals surface area contributed by atoms with E-state index in [0.29, 0.717) is 27.5 Å². The van der Waals surface area contributed by atoms with E-state index in [2.05, 4.69) is 4.74 Å². The second-order valence-electron chi connectivity index (χ2n) is 6.55. The standard InChI is InChI=1S/C22H19NO7S2/c1-28-17-9-14(10-18-20(26)23(11-19(24)25)22(31)32-18)5-8-16(17)30-12-13-3-6-15(7-4-13)21(27)29-2/h3-10H,11-12H2,1-2H3,(H,24,25)/b18-10-. The van der Waals surface area contributed by atoms with Crippen LogP contribution in [0.1, 0.15) is 21.5 Å². The fourth-order valence-corrected chi connectivity index (χ4v) is 4.09. The number of nitrogens with zero attached hydrogens (tertiary/aromatic N) is 1. The summed E-state index contributed by atoms with van der Waals surface area (Å²) in [5.41, 5.74) is 1.98. The van der Waals surface area contributed by atoms with Crippen LogP contribution in [0.2, 0.25) is 0 Å². The van der Waals surface area contributed by atoms with Crippen molar-refractivity contribution in [2.45, 2.75) is 6.61 Å². The number of benzene rings is 2. The summed E-state index contributed by atoms with van der Waals surface area (Å²) in [6.45, 7) is -0.219. The van der Waals surface area contributed by atoms with Crippen LogP contribution < -0.4 is 9.47 Å². The van der Waals surface area contributed by atoms with Crippen molar-refractivity contribution in [2.24, 2.45) is 0 Å². The van der Waals surface area contributed by atoms with Crippen molar-refractivity contribution in [2.75, 3.05) is 20.8 Å². The average Bonchev–Trinajstić information content (AvgIpc) is 3.04. The number of carboxylic acids is 1. The Labute approximate surface area is 193 Å². The molecule has 2 aromatic rings. The highest BCUT2D eigenvalue weighted by Crippen LogP contribution is 2.34. The Morgan fingerprint density at radius 3 is 2.47 bits per heavy atom. The van der Waals surface area contributed by atoms with Crippen LogP contribution in [-0.4, -0.2) is 52.9 Å². The SMILES string of the molecule is COC(=O)c1ccc(COc2ccc(/C=C3\SC(=S)N(CC(=O)O)C3=O)cc2OC)cc1. The third-order valence-corrected chi connectivity index (χ3v) is 5.80. The van der Waals surface area contributed by atoms with E-state index < -0.39 is 24.4 Å². The lowest BCUT2D eigenvalue weighted by Crippen LogP contribution is -2.33. The van der Waals surface area contributed by atoms with Gasteiger partial charge in [-0.25, -0.2) is 4.79 Å². The molecule has 0 unspecified atom stereocenters. The third-order valence-electron chi connectivity index (χ3n) is 4.42. The van der Waals surface area contributed by atoms with Crippen LogP contribution in [-0.2, 0) is 20.9 Å². The molecule has 0 spiro atoms. The van der Waals surface area contributed by atoms with E-state index in [9.17, 15) is 14.4 Å². The molecule has 0 aliphatic carbocycles. The number of carbonyl (C=O) groups excluding carboxylic acids is 2. The Hall–Kier alpha value is -3.37. The minimum Gasteiger partial charge on any atom is -0.493 e. The molecule has 1 heterocycles. The summed E-state index contributed by atoms with van der Waals surface area (Å²) in [7, 11) is 2.83. The fraction of sp³-hybridized carbons (Fsp3) is 0.182. The number of aliphatic carboxylic acids is 1. The number of carboxylic acid groups (broad SMARTS) is 1. The number of amides is 1. The number of ether oxygens (including phenoxy) is 3. The van der Waals surface area contributed by atoms with Gasteiger partial charge in [0, 0.05) is 0 Å². The monoisotopic (exact) mass is 473 g/mol. The highest BCUT2D eigenvalue weighted by molar-refractivity contribution is 8.26. The summed E-state index contributed by atoms with van der Waals surface area (Å²) >= 11 is 6.15. The lowest BCUT2D eigenvalue weighted by molar-refractivity contribution is -0.140. The van der Waals surface area contributed by atoms with Crippen molar-refractivity contribution in [3.8, 4) is 11.5 Å². The topological polar surface area (TPSA) is 102 Å². The maximum Gasteiger partial charge on any atom is 0.337 e. The van der Waals surface area contributed by atoms with Gasteiger partial charge in [-0.15, -0.1) is 0 Å². The van der Waals surface area contributed by atoms with Gasteiger partial charge < -0.3 is 19.3 Å². The second kappa shape index (κ2) is 10.3. The van der Waals surface area contributed by atoms with E-state index in [0.717, 1.165) is 22.2 Å². The number of esters is 1. The predicted octanol–water partition coefficient (Wildman–Crippen LogP) is 3.35. The van der Waals surface area contributed by atoms with Crippen molar-refractivity contribution < 1.29 is 33.7 Å². The second-order valence-corrected chi connectivity index (χ2v) is 8.22. The van der Waals surface area contributed by atoms with Gasteiger partial charge in [-0.3, -0.25) is 14.5 Å². The highest BCUT2D eigenvalue weighted by Gasteiger charge is 2.33. The average molecular weight is 474 g/mol. The molecule has 2 aromatic carbocycles. The number of rotatable bonds is 8. The zero-order valence-corrected chi connectivity index (χ0v) is 18.8. The van der Waals surface area contributed by atoms with E-state index in [4.69, 9.17) is 26.8 Å². The predicted molar refractivity (Wildman–Crippen MR) is 123 cm³/mol. The van der Waals surface area contributed by atoms with Gasteiger partial charge in [0.1, 0.15) is 17.5 Å². The first-order valence-electron chi connectivity index (χ1n) is 9.27. The van der Waals surface area contributed by atoms with E-state index >= 15 is 0 Å². The van der Waals surface area contributed by atoms with Gasteiger partial charge in [-0.1, -0.05) is 42.2 Å². The first-order valence-corrected chi connectivity index (χ1v) is 10.5. The van der Waals surface area contributed by atoms with Crippen LogP contribution >= 0.6 is 24.0 Å². The van der Waals surface area contributed by atoms with Gasteiger partial charge >= 0.3 is 11.9 Å². The Balaban J connectivity index is 1.71. The summed E-state index contributed by atoms with van der Waals surface area (Å²) in [4.78, 5) is 36.2. The van der Waals surface area contributed by atoms with Crippen LogP contribution in [0.15, 0.2) is 47.4 Å². The van der Waals surface area contributed by atoms with Gasteiger partial charge in [-0.2, -0.15) is 0 Å². The number of methoxy groups -OCH3 is 2. The van der Waals surface area contributed by atoms with Crippen molar-refractivity contribution in [1.29, 1.82) is 0 Å². The Kier molecular flexibility index (Phi) is 7.49. The van der Waals surface area contributed by atoms with Crippen LogP contribution in [0, 0.1) is 0 Å². The maximum atomic E-state index is 12.4. The molecule has 32 heavy (non-hydrogen) atoms. The van der Waals surface area contributed by atoms with Crippen molar-refractivity contribution in [1.82, 2.24) is 4.90 Å². The number of carbonyl (C=O) groups is 3. The number of thiocarbonyl (C=S) groups is 1. The summed E-state index contributed by atoms with van der Waals surface area (Å²) < 4.78 is 16.1. The minimum atomic E-state index is -1.13. The van der Waals surface area contributed by atoms with Crippen LogP contribution in [0.5, 0.6) is 11.5 Å². The summed E-state index contributed by atoms with van der Waals surface area (Å²) in [5, 5.41) is 8.93. The molecule has 166 valence electrons. The van der Waals surface area contributed by atoms with E-state index in [1.54, 1.807) is 48.5 Å². The molecule has 1 amide bonds. The van der Waals surface area contributed by atoms with Crippen molar-refractivity contribution >= 4 is 52.2 Å². The molecule has 0 aromatic heterocycles. The molecule has 1 aliphatic rings. The van der Waals surface area contributed by atoms with Crippen LogP contribution in [0.4, 0.5) is 0 Å². The largest absolute Gasteiger partial charge is 0.493 e. The molecular formula is C22H19NO7S2. The molecule has 0 atom stereocenters. The van der Waals surface area contributed by atoms with Gasteiger partial charge in [0.2, 0.25) is 0 Å². The number of hydrogen-bond acceptors (Lipinski definition) is 8. The molecule has 0 radical (unpaired) electrons. The zero-order valence-electron chi connectivity index (χ0n) is 17.2. The van der Waals surface area contributed by atoms with E-state index in [-0.39, 0.29) is 10.9 Å². The van der Waals surface area contributed by atoms with Gasteiger partial charge in [0.25, 0.3) is 5.91 Å². The van der Waals surface area contributed by atoms with E-state index in [1.807, 2.05) is 0 Å². The number of thioether (sulfide) groups is 1. The highest BCUT2D eigenvalue weighted by atomic mass is 32.2. The Morgan fingerprint density at radius 2 is 1.84 bits per heavy atom. The zero-order chi connectivity index (χ0) is 23.3. The lowest BCUT2D eigenvalue weighted by Gasteiger charge is -2.12.